The van der Waals surface area contributed by atoms with E-state index in [4.69, 9.17) is 9.47 Å². The highest BCUT2D eigenvalue weighted by molar-refractivity contribution is 5.81. The summed E-state index contributed by atoms with van der Waals surface area (Å²) in [6.07, 6.45) is -0.771. The Labute approximate surface area is 166 Å². The number of ether oxygens (including phenoxy) is 2. The van der Waals surface area contributed by atoms with Crippen LogP contribution < -0.4 is 10.1 Å². The predicted octanol–water partition coefficient (Wildman–Crippen LogP) is 1.96. The van der Waals surface area contributed by atoms with Crippen LogP contribution in [0.4, 0.5) is 4.79 Å². The average Bonchev–Trinajstić information content (AvgIpc) is 2.60. The third kappa shape index (κ3) is 7.36. The largest absolute Gasteiger partial charge is 0.492 e. The first-order valence-corrected chi connectivity index (χ1v) is 9.50. The van der Waals surface area contributed by atoms with Crippen molar-refractivity contribution < 1.29 is 24.2 Å². The van der Waals surface area contributed by atoms with Crippen LogP contribution >= 0.6 is 0 Å². The van der Waals surface area contributed by atoms with E-state index in [1.807, 2.05) is 0 Å². The maximum atomic E-state index is 11.9. The first-order valence-electron chi connectivity index (χ1n) is 9.50. The molecule has 8 heteroatoms. The third-order valence-corrected chi connectivity index (χ3v) is 4.39. The number of carboxylic acids is 1. The molecule has 1 unspecified atom stereocenters. The van der Waals surface area contributed by atoms with Gasteiger partial charge in [-0.05, 0) is 45.5 Å². The van der Waals surface area contributed by atoms with Crippen molar-refractivity contribution in [1.82, 2.24) is 15.1 Å². The first kappa shape index (κ1) is 22.0. The molecule has 0 aromatic heterocycles. The van der Waals surface area contributed by atoms with Gasteiger partial charge in [0.25, 0.3) is 0 Å². The van der Waals surface area contributed by atoms with E-state index in [2.05, 4.69) is 22.2 Å². The Morgan fingerprint density at radius 2 is 1.75 bits per heavy atom. The van der Waals surface area contributed by atoms with Gasteiger partial charge in [0, 0.05) is 32.7 Å². The van der Waals surface area contributed by atoms with Gasteiger partial charge in [-0.2, -0.15) is 0 Å². The highest BCUT2D eigenvalue weighted by Crippen LogP contribution is 2.19. The number of benzene rings is 1. The standard InChI is InChI=1S/C20H31N3O5/c1-20(2,3)28-19(26)21-17(18(24)25)15-5-7-16(8-6-15)27-14-13-23-11-9-22(4)10-12-23/h5-8,17H,9-14H2,1-4H3,(H,21,26)(H,24,25). The van der Waals surface area contributed by atoms with Gasteiger partial charge in [0.2, 0.25) is 0 Å². The molecule has 2 N–H and O–H groups in total. The van der Waals surface area contributed by atoms with Crippen LogP contribution in [0.5, 0.6) is 5.75 Å². The fourth-order valence-corrected chi connectivity index (χ4v) is 2.83. The normalized spacial score (nSPS) is 17.0. The molecule has 1 aromatic rings. The Morgan fingerprint density at radius 1 is 1.14 bits per heavy atom. The Kier molecular flexibility index (Phi) is 7.65. The first-order chi connectivity index (χ1) is 13.1. The van der Waals surface area contributed by atoms with Crippen LogP contribution in [0.2, 0.25) is 0 Å². The minimum absolute atomic E-state index is 0.449. The highest BCUT2D eigenvalue weighted by Gasteiger charge is 2.25. The molecular formula is C20H31N3O5. The summed E-state index contributed by atoms with van der Waals surface area (Å²) in [5.74, 6) is -0.492. The van der Waals surface area contributed by atoms with Crippen molar-refractivity contribution in [3.05, 3.63) is 29.8 Å². The van der Waals surface area contributed by atoms with Gasteiger partial charge in [-0.25, -0.2) is 9.59 Å². The van der Waals surface area contributed by atoms with Crippen LogP contribution in [0, 0.1) is 0 Å². The molecule has 0 radical (unpaired) electrons. The van der Waals surface area contributed by atoms with Gasteiger partial charge in [0.15, 0.2) is 6.04 Å². The van der Waals surface area contributed by atoms with Gasteiger partial charge >= 0.3 is 12.1 Å². The van der Waals surface area contributed by atoms with Crippen LogP contribution in [0.15, 0.2) is 24.3 Å². The minimum atomic E-state index is -1.19. The van der Waals surface area contributed by atoms with Crippen LogP contribution in [0.25, 0.3) is 0 Å². The zero-order chi connectivity index (χ0) is 20.7. The fraction of sp³-hybridized carbons (Fsp3) is 0.600. The summed E-state index contributed by atoms with van der Waals surface area (Å²) >= 11 is 0. The molecule has 1 heterocycles. The summed E-state index contributed by atoms with van der Waals surface area (Å²) < 4.78 is 10.9. The van der Waals surface area contributed by atoms with Crippen molar-refractivity contribution in [1.29, 1.82) is 0 Å². The molecule has 1 aliphatic heterocycles. The molecule has 28 heavy (non-hydrogen) atoms. The Balaban J connectivity index is 1.86. The van der Waals surface area contributed by atoms with Gasteiger partial charge < -0.3 is 24.8 Å². The number of likely N-dealkylation sites (N-methyl/N-ethyl adjacent to an activating group) is 1. The lowest BCUT2D eigenvalue weighted by molar-refractivity contribution is -0.139. The number of hydrogen-bond acceptors (Lipinski definition) is 6. The SMILES string of the molecule is CN1CCN(CCOc2ccc(C(NC(=O)OC(C)(C)C)C(=O)O)cc2)CC1. The number of nitrogens with zero attached hydrogens (tertiary/aromatic N) is 2. The molecule has 0 aliphatic carbocycles. The quantitative estimate of drug-likeness (QED) is 0.732. The number of alkyl carbamates (subject to hydrolysis) is 1. The van der Waals surface area contributed by atoms with Gasteiger partial charge in [-0.3, -0.25) is 4.90 Å². The lowest BCUT2D eigenvalue weighted by Gasteiger charge is -2.32. The van der Waals surface area contributed by atoms with E-state index in [-0.39, 0.29) is 0 Å². The van der Waals surface area contributed by atoms with Crippen molar-refractivity contribution >= 4 is 12.1 Å². The summed E-state index contributed by atoms with van der Waals surface area (Å²) in [6, 6.07) is 5.52. The zero-order valence-electron chi connectivity index (χ0n) is 17.1. The van der Waals surface area contributed by atoms with E-state index in [9.17, 15) is 14.7 Å². The van der Waals surface area contributed by atoms with Crippen LogP contribution in [-0.2, 0) is 9.53 Å². The second-order valence-corrected chi connectivity index (χ2v) is 7.98. The molecule has 1 aromatic carbocycles. The molecule has 1 fully saturated rings. The lowest BCUT2D eigenvalue weighted by Crippen LogP contribution is -2.45. The van der Waals surface area contributed by atoms with Crippen LogP contribution in [-0.4, -0.2) is 78.9 Å². The summed E-state index contributed by atoms with van der Waals surface area (Å²) in [7, 11) is 2.12. The number of carbonyl (C=O) groups is 2. The molecule has 1 saturated heterocycles. The minimum Gasteiger partial charge on any atom is -0.492 e. The van der Waals surface area contributed by atoms with Crippen molar-refractivity contribution in [2.75, 3.05) is 46.4 Å². The molecule has 1 aliphatic rings. The van der Waals surface area contributed by atoms with Gasteiger partial charge in [-0.15, -0.1) is 0 Å². The molecular weight excluding hydrogens is 362 g/mol. The van der Waals surface area contributed by atoms with Gasteiger partial charge in [0.1, 0.15) is 18.0 Å². The van der Waals surface area contributed by atoms with Crippen molar-refractivity contribution in [2.24, 2.45) is 0 Å². The summed E-state index contributed by atoms with van der Waals surface area (Å²) in [4.78, 5) is 28.1. The summed E-state index contributed by atoms with van der Waals surface area (Å²) in [5, 5.41) is 11.8. The number of hydrogen-bond donors (Lipinski definition) is 2. The molecule has 8 nitrogen and oxygen atoms in total. The monoisotopic (exact) mass is 393 g/mol. The van der Waals surface area contributed by atoms with Crippen molar-refractivity contribution in [3.8, 4) is 5.75 Å². The molecule has 1 amide bonds. The zero-order valence-corrected chi connectivity index (χ0v) is 17.1. The highest BCUT2D eigenvalue weighted by atomic mass is 16.6. The van der Waals surface area contributed by atoms with Crippen LogP contribution in [0.1, 0.15) is 32.4 Å². The van der Waals surface area contributed by atoms with Gasteiger partial charge in [-0.1, -0.05) is 12.1 Å². The van der Waals surface area contributed by atoms with Crippen LogP contribution in [0.3, 0.4) is 0 Å². The Morgan fingerprint density at radius 3 is 2.29 bits per heavy atom. The van der Waals surface area contributed by atoms with E-state index >= 15 is 0 Å². The van der Waals surface area contributed by atoms with Crippen molar-refractivity contribution in [3.63, 3.8) is 0 Å². The molecule has 0 saturated carbocycles. The molecule has 0 spiro atoms. The maximum absolute atomic E-state index is 11.9. The van der Waals surface area contributed by atoms with Gasteiger partial charge in [0.05, 0.1) is 0 Å². The number of nitrogens with one attached hydrogen (secondary N) is 1. The maximum Gasteiger partial charge on any atom is 0.408 e. The summed E-state index contributed by atoms with van der Waals surface area (Å²) in [5.41, 5.74) is -0.251. The third-order valence-electron chi connectivity index (χ3n) is 4.39. The number of carboxylic acid groups (broad SMARTS) is 1. The second kappa shape index (κ2) is 9.75. The second-order valence-electron chi connectivity index (χ2n) is 7.98. The lowest BCUT2D eigenvalue weighted by atomic mass is 10.1. The number of carbonyl (C=O) groups excluding carboxylic acids is 1. The summed E-state index contributed by atoms with van der Waals surface area (Å²) in [6.45, 7) is 10.8. The molecule has 2 rings (SSSR count). The smallest absolute Gasteiger partial charge is 0.408 e. The molecule has 0 bridgehead atoms. The molecule has 1 atom stereocenters. The number of rotatable bonds is 7. The Bertz CT molecular complexity index is 649. The average molecular weight is 393 g/mol. The fourth-order valence-electron chi connectivity index (χ4n) is 2.83. The number of piperazine rings is 1. The topological polar surface area (TPSA) is 91.3 Å². The van der Waals surface area contributed by atoms with E-state index in [0.29, 0.717) is 17.9 Å². The van der Waals surface area contributed by atoms with E-state index in [1.165, 1.54) is 0 Å². The molecule has 156 valence electrons. The van der Waals surface area contributed by atoms with Crippen molar-refractivity contribution in [2.45, 2.75) is 32.4 Å². The Hall–Kier alpha value is -2.32. The van der Waals surface area contributed by atoms with E-state index in [1.54, 1.807) is 45.0 Å². The number of aliphatic carboxylic acids is 1. The predicted molar refractivity (Wildman–Crippen MR) is 106 cm³/mol. The number of amides is 1. The van der Waals surface area contributed by atoms with E-state index < -0.39 is 23.7 Å². The van der Waals surface area contributed by atoms with E-state index in [0.717, 1.165) is 32.7 Å².